The third kappa shape index (κ3) is 5.20. The van der Waals surface area contributed by atoms with E-state index >= 15 is 0 Å². The number of benzene rings is 2. The lowest BCUT2D eigenvalue weighted by atomic mass is 10.1. The lowest BCUT2D eigenvalue weighted by molar-refractivity contribution is -0.127. The van der Waals surface area contributed by atoms with Gasteiger partial charge in [0.15, 0.2) is 11.0 Å². The molecule has 0 radical (unpaired) electrons. The molecule has 0 N–H and O–H groups in total. The van der Waals surface area contributed by atoms with Crippen molar-refractivity contribution in [3.05, 3.63) is 71.8 Å². The van der Waals surface area contributed by atoms with Gasteiger partial charge in [-0.2, -0.15) is 5.10 Å². The number of hydrazone groups is 1. The average molecular weight is 479 g/mol. The van der Waals surface area contributed by atoms with Gasteiger partial charge in [-0.15, -0.1) is 10.2 Å². The third-order valence-electron chi connectivity index (χ3n) is 6.12. The molecule has 3 heterocycles. The molecule has 34 heavy (non-hydrogen) atoms. The van der Waals surface area contributed by atoms with Crippen LogP contribution in [0.25, 0.3) is 5.69 Å². The number of carbonyl (C=O) groups excluding carboxylic acids is 1. The molecule has 0 bridgehead atoms. The average Bonchev–Trinajstić information content (AvgIpc) is 3.52. The maximum Gasteiger partial charge on any atom is 0.253 e. The van der Waals surface area contributed by atoms with E-state index in [-0.39, 0.29) is 17.5 Å². The summed E-state index contributed by atoms with van der Waals surface area (Å²) in [6.45, 7) is 3.33. The minimum Gasteiger partial charge on any atom is -0.296 e. The van der Waals surface area contributed by atoms with Crippen molar-refractivity contribution < 1.29 is 9.18 Å². The van der Waals surface area contributed by atoms with E-state index < -0.39 is 0 Å². The molecule has 3 aromatic rings. The first-order chi connectivity index (χ1) is 16.7. The minimum atomic E-state index is -0.292. The molecule has 0 spiro atoms. The van der Waals surface area contributed by atoms with Gasteiger partial charge in [0, 0.05) is 12.1 Å². The molecule has 0 atom stereocenters. The highest BCUT2D eigenvalue weighted by Crippen LogP contribution is 2.25. The Morgan fingerprint density at radius 3 is 2.47 bits per heavy atom. The standard InChI is InChI=1S/C25H27FN6OS/c26-20-9-11-21(12-10-20)32-23(17-30-14-5-2-6-15-30)27-28-25(32)34-18-24(33)31-16-13-22(29-31)19-7-3-1-4-8-19/h1,3-4,7-12H,2,5-6,13-18H2. The van der Waals surface area contributed by atoms with Gasteiger partial charge in [-0.1, -0.05) is 48.5 Å². The topological polar surface area (TPSA) is 66.6 Å². The Labute approximate surface area is 202 Å². The fourth-order valence-electron chi connectivity index (χ4n) is 4.33. The van der Waals surface area contributed by atoms with Crippen molar-refractivity contribution >= 4 is 23.4 Å². The van der Waals surface area contributed by atoms with Gasteiger partial charge in [-0.3, -0.25) is 14.3 Å². The van der Waals surface area contributed by atoms with Crippen LogP contribution < -0.4 is 0 Å². The van der Waals surface area contributed by atoms with Gasteiger partial charge < -0.3 is 0 Å². The van der Waals surface area contributed by atoms with Crippen LogP contribution in [0.3, 0.4) is 0 Å². The fraction of sp³-hybridized carbons (Fsp3) is 0.360. The second-order valence-corrected chi connectivity index (χ2v) is 9.46. The van der Waals surface area contributed by atoms with Crippen LogP contribution in [0.2, 0.25) is 0 Å². The molecule has 5 rings (SSSR count). The number of thioether (sulfide) groups is 1. The summed E-state index contributed by atoms with van der Waals surface area (Å²) in [5, 5.41) is 15.5. The van der Waals surface area contributed by atoms with Crippen LogP contribution in [0, 0.1) is 5.82 Å². The summed E-state index contributed by atoms with van der Waals surface area (Å²) in [5.41, 5.74) is 2.76. The number of carbonyl (C=O) groups is 1. The molecule has 2 aliphatic rings. The zero-order chi connectivity index (χ0) is 23.3. The molecule has 2 aliphatic heterocycles. The number of amides is 1. The van der Waals surface area contributed by atoms with Gasteiger partial charge in [0.05, 0.1) is 24.6 Å². The second-order valence-electron chi connectivity index (χ2n) is 8.52. The van der Waals surface area contributed by atoms with Gasteiger partial charge in [-0.25, -0.2) is 9.40 Å². The lowest BCUT2D eigenvalue weighted by Gasteiger charge is -2.26. The Bertz CT molecular complexity index is 1160. The molecule has 2 aromatic carbocycles. The fourth-order valence-corrected chi connectivity index (χ4v) is 5.17. The smallest absolute Gasteiger partial charge is 0.253 e. The first-order valence-electron chi connectivity index (χ1n) is 11.7. The zero-order valence-electron chi connectivity index (χ0n) is 18.9. The zero-order valence-corrected chi connectivity index (χ0v) is 19.8. The number of nitrogens with zero attached hydrogens (tertiary/aromatic N) is 6. The molecule has 1 aromatic heterocycles. The van der Waals surface area contributed by atoms with E-state index in [9.17, 15) is 9.18 Å². The molecule has 9 heteroatoms. The van der Waals surface area contributed by atoms with Crippen LogP contribution >= 0.6 is 11.8 Å². The number of piperidine rings is 1. The van der Waals surface area contributed by atoms with Crippen LogP contribution in [0.4, 0.5) is 4.39 Å². The minimum absolute atomic E-state index is 0.0674. The molecule has 7 nitrogen and oxygen atoms in total. The van der Waals surface area contributed by atoms with Crippen LogP contribution in [0.15, 0.2) is 64.9 Å². The van der Waals surface area contributed by atoms with Gasteiger partial charge in [-0.05, 0) is 55.8 Å². The SMILES string of the molecule is O=C(CSc1nnc(CN2CCCCC2)n1-c1ccc(F)cc1)N1CCC(c2ccccc2)=N1. The van der Waals surface area contributed by atoms with E-state index in [2.05, 4.69) is 20.2 Å². The van der Waals surface area contributed by atoms with Crippen molar-refractivity contribution in [2.24, 2.45) is 5.10 Å². The number of hydrogen-bond donors (Lipinski definition) is 0. The third-order valence-corrected chi connectivity index (χ3v) is 7.03. The molecule has 1 saturated heterocycles. The molecule has 0 saturated carbocycles. The first kappa shape index (κ1) is 22.7. The Morgan fingerprint density at radius 2 is 1.71 bits per heavy atom. The van der Waals surface area contributed by atoms with E-state index in [0.717, 1.165) is 42.3 Å². The summed E-state index contributed by atoms with van der Waals surface area (Å²) in [6, 6.07) is 16.3. The highest BCUT2D eigenvalue weighted by atomic mass is 32.2. The quantitative estimate of drug-likeness (QED) is 0.478. The molecular formula is C25H27FN6OS. The van der Waals surface area contributed by atoms with Crippen molar-refractivity contribution in [2.75, 3.05) is 25.4 Å². The van der Waals surface area contributed by atoms with Gasteiger partial charge in [0.25, 0.3) is 5.91 Å². The number of hydrogen-bond acceptors (Lipinski definition) is 6. The molecule has 176 valence electrons. The second kappa shape index (κ2) is 10.5. The monoisotopic (exact) mass is 478 g/mol. The van der Waals surface area contributed by atoms with Crippen LogP contribution in [0.5, 0.6) is 0 Å². The summed E-state index contributed by atoms with van der Waals surface area (Å²) in [5.74, 6) is 0.644. The Morgan fingerprint density at radius 1 is 0.941 bits per heavy atom. The largest absolute Gasteiger partial charge is 0.296 e. The number of likely N-dealkylation sites (tertiary alicyclic amines) is 1. The van der Waals surface area contributed by atoms with Crippen LogP contribution in [0.1, 0.15) is 37.1 Å². The lowest BCUT2D eigenvalue weighted by Crippen LogP contribution is -2.30. The summed E-state index contributed by atoms with van der Waals surface area (Å²) in [4.78, 5) is 15.3. The molecular weight excluding hydrogens is 451 g/mol. The molecule has 0 unspecified atom stereocenters. The predicted molar refractivity (Wildman–Crippen MR) is 130 cm³/mol. The molecule has 1 fully saturated rings. The van der Waals surface area contributed by atoms with Crippen LogP contribution in [-0.4, -0.2) is 61.7 Å². The summed E-state index contributed by atoms with van der Waals surface area (Å²) < 4.78 is 15.5. The van der Waals surface area contributed by atoms with E-state index in [1.807, 2.05) is 34.9 Å². The number of rotatable bonds is 7. The maximum atomic E-state index is 13.6. The van der Waals surface area contributed by atoms with Crippen molar-refractivity contribution in [2.45, 2.75) is 37.4 Å². The Kier molecular flexibility index (Phi) is 7.01. The van der Waals surface area contributed by atoms with Crippen molar-refractivity contribution in [1.82, 2.24) is 24.7 Å². The normalized spacial score (nSPS) is 16.6. The summed E-state index contributed by atoms with van der Waals surface area (Å²) in [7, 11) is 0. The Balaban J connectivity index is 1.31. The van der Waals surface area contributed by atoms with E-state index in [1.54, 1.807) is 17.1 Å². The highest BCUT2D eigenvalue weighted by molar-refractivity contribution is 7.99. The van der Waals surface area contributed by atoms with Gasteiger partial charge in [0.1, 0.15) is 5.82 Å². The van der Waals surface area contributed by atoms with E-state index in [0.29, 0.717) is 18.2 Å². The van der Waals surface area contributed by atoms with Crippen molar-refractivity contribution in [1.29, 1.82) is 0 Å². The maximum absolute atomic E-state index is 13.6. The van der Waals surface area contributed by atoms with Gasteiger partial charge >= 0.3 is 0 Å². The van der Waals surface area contributed by atoms with Crippen LogP contribution in [-0.2, 0) is 11.3 Å². The molecule has 0 aliphatic carbocycles. The van der Waals surface area contributed by atoms with Gasteiger partial charge in [0.2, 0.25) is 0 Å². The first-order valence-corrected chi connectivity index (χ1v) is 12.6. The number of aromatic nitrogens is 3. The van der Waals surface area contributed by atoms with Crippen molar-refractivity contribution in [3.63, 3.8) is 0 Å². The van der Waals surface area contributed by atoms with E-state index in [1.165, 1.54) is 43.2 Å². The van der Waals surface area contributed by atoms with Crippen molar-refractivity contribution in [3.8, 4) is 5.69 Å². The Hall–Kier alpha value is -3.04. The predicted octanol–water partition coefficient (Wildman–Crippen LogP) is 4.12. The van der Waals surface area contributed by atoms with E-state index in [4.69, 9.17) is 0 Å². The summed E-state index contributed by atoms with van der Waals surface area (Å²) in [6.07, 6.45) is 4.37. The summed E-state index contributed by atoms with van der Waals surface area (Å²) >= 11 is 1.34. The molecule has 1 amide bonds. The number of halogens is 1. The highest BCUT2D eigenvalue weighted by Gasteiger charge is 2.24.